The summed E-state index contributed by atoms with van der Waals surface area (Å²) in [6.45, 7) is 17.4. The number of primary amides is 1. The minimum atomic E-state index is -1.74. The van der Waals surface area contributed by atoms with E-state index >= 15 is 0 Å². The van der Waals surface area contributed by atoms with Crippen LogP contribution in [0.3, 0.4) is 0 Å². The van der Waals surface area contributed by atoms with Crippen molar-refractivity contribution in [1.29, 1.82) is 0 Å². The Hall–Kier alpha value is -3.66. The molecule has 238 valence electrons. The molecule has 1 aromatic carbocycles. The predicted molar refractivity (Wildman–Crippen MR) is 168 cm³/mol. The van der Waals surface area contributed by atoms with Gasteiger partial charge in [0.05, 0.1) is 24.2 Å². The number of nitrogens with zero attached hydrogens (tertiary/aromatic N) is 1. The van der Waals surface area contributed by atoms with Crippen LogP contribution in [0.2, 0.25) is 0 Å². The maximum absolute atomic E-state index is 14.2. The molecule has 5 atom stereocenters. The molecular weight excluding hydrogens is 546 g/mol. The van der Waals surface area contributed by atoms with E-state index in [1.54, 1.807) is 27.0 Å². The van der Waals surface area contributed by atoms with Crippen molar-refractivity contribution in [3.05, 3.63) is 66.8 Å². The van der Waals surface area contributed by atoms with Gasteiger partial charge in [0.2, 0.25) is 11.5 Å². The summed E-state index contributed by atoms with van der Waals surface area (Å²) in [6, 6.07) is 7.51. The number of hydrogen-bond acceptors (Lipinski definition) is 6. The molecule has 0 fully saturated rings. The summed E-state index contributed by atoms with van der Waals surface area (Å²) in [5.41, 5.74) is 4.16. The molecule has 10 nitrogen and oxygen atoms in total. The molecule has 1 aromatic heterocycles. The predicted octanol–water partition coefficient (Wildman–Crippen LogP) is 4.30. The van der Waals surface area contributed by atoms with Gasteiger partial charge in [0, 0.05) is 24.5 Å². The largest absolute Gasteiger partial charge is 0.432 e. The van der Waals surface area contributed by atoms with E-state index < -0.39 is 47.1 Å². The van der Waals surface area contributed by atoms with Gasteiger partial charge in [-0.15, -0.1) is 6.58 Å². The number of aliphatic hydroxyl groups is 1. The van der Waals surface area contributed by atoms with Crippen LogP contribution in [0.25, 0.3) is 0 Å². The van der Waals surface area contributed by atoms with Gasteiger partial charge in [-0.2, -0.15) is 0 Å². The van der Waals surface area contributed by atoms with Crippen LogP contribution in [0.15, 0.2) is 55.5 Å². The first-order chi connectivity index (χ1) is 20.1. The second-order valence-electron chi connectivity index (χ2n) is 13.1. The summed E-state index contributed by atoms with van der Waals surface area (Å²) in [6.07, 6.45) is 4.11. The summed E-state index contributed by atoms with van der Waals surface area (Å²) in [5.74, 6) is -0.621. The zero-order valence-corrected chi connectivity index (χ0v) is 26.7. The maximum atomic E-state index is 14.2. The van der Waals surface area contributed by atoms with Gasteiger partial charge in [0.1, 0.15) is 6.04 Å². The zero-order valence-electron chi connectivity index (χ0n) is 26.7. The first-order valence-electron chi connectivity index (χ1n) is 15.0. The number of hydrogen-bond donors (Lipinski definition) is 5. The molecule has 1 heterocycles. The van der Waals surface area contributed by atoms with E-state index in [9.17, 15) is 19.5 Å². The number of amides is 3. The van der Waals surface area contributed by atoms with Gasteiger partial charge in [0.15, 0.2) is 0 Å². The Morgan fingerprint density at radius 1 is 1.09 bits per heavy atom. The number of aromatic nitrogens is 2. The summed E-state index contributed by atoms with van der Waals surface area (Å²) >= 11 is 0. The number of imidazole rings is 1. The molecule has 3 amide bonds. The Kier molecular flexibility index (Phi) is 13.0. The normalized spacial score (nSPS) is 16.0. The van der Waals surface area contributed by atoms with Gasteiger partial charge in [-0.3, -0.25) is 9.59 Å². The molecule has 0 aliphatic heterocycles. The lowest BCUT2D eigenvalue weighted by molar-refractivity contribution is -0.154. The third-order valence-electron chi connectivity index (χ3n) is 7.93. The SMILES string of the molecule is C=C[C@@H](C[C@@H](O)[C@H](CC(C)C)NC(=O)[C@H](Cc1c[nH]cn1)NC(=O)[C@@](Cc1ccccc1)(OC(N)=O)C(C)(C)C)C(C)C. The minimum absolute atomic E-state index is 0.0374. The lowest BCUT2D eigenvalue weighted by atomic mass is 9.71. The number of aliphatic hydroxyl groups excluding tert-OH is 1. The number of nitrogens with one attached hydrogen (secondary N) is 3. The number of rotatable bonds is 16. The highest BCUT2D eigenvalue weighted by molar-refractivity contribution is 5.93. The molecule has 2 aromatic rings. The van der Waals surface area contributed by atoms with Gasteiger partial charge in [-0.05, 0) is 36.2 Å². The first-order valence-corrected chi connectivity index (χ1v) is 15.0. The van der Waals surface area contributed by atoms with Crippen LogP contribution in [0.5, 0.6) is 0 Å². The lowest BCUT2D eigenvalue weighted by Gasteiger charge is -2.42. The number of carbonyl (C=O) groups excluding carboxylic acids is 3. The Balaban J connectivity index is 2.46. The fourth-order valence-electron chi connectivity index (χ4n) is 5.26. The molecule has 0 spiro atoms. The van der Waals surface area contributed by atoms with Crippen molar-refractivity contribution in [2.24, 2.45) is 28.9 Å². The van der Waals surface area contributed by atoms with Crippen LogP contribution in [0, 0.1) is 23.2 Å². The van der Waals surface area contributed by atoms with Crippen LogP contribution in [-0.4, -0.2) is 56.8 Å². The number of nitrogens with two attached hydrogens (primary N) is 1. The van der Waals surface area contributed by atoms with E-state index in [-0.39, 0.29) is 30.6 Å². The van der Waals surface area contributed by atoms with Crippen molar-refractivity contribution in [2.75, 3.05) is 0 Å². The standard InChI is InChI=1S/C33H51N5O5/c1-9-24(22(4)5)16-28(39)26(15-21(2)3)37-29(40)27(17-25-19-35-20-36-25)38-30(41)33(32(6,7)8,43-31(34)42)18-23-13-11-10-12-14-23/h9-14,19-22,24,26-28,39H,1,15-18H2,2-8H3,(H2,34,42)(H,35,36)(H,37,40)(H,38,41)/t24-,26-,27-,28+,33+/m0/s1. The van der Waals surface area contributed by atoms with Crippen molar-refractivity contribution in [3.63, 3.8) is 0 Å². The number of ether oxygens (including phenoxy) is 1. The minimum Gasteiger partial charge on any atom is -0.432 e. The highest BCUT2D eigenvalue weighted by Crippen LogP contribution is 2.38. The molecule has 0 aliphatic rings. The maximum Gasteiger partial charge on any atom is 0.405 e. The molecule has 0 saturated heterocycles. The second kappa shape index (κ2) is 15.7. The molecule has 2 rings (SSSR count). The van der Waals surface area contributed by atoms with Crippen LogP contribution in [0.4, 0.5) is 4.79 Å². The van der Waals surface area contributed by atoms with E-state index in [2.05, 4.69) is 41.0 Å². The van der Waals surface area contributed by atoms with Crippen molar-refractivity contribution < 1.29 is 24.2 Å². The number of aromatic amines is 1. The van der Waals surface area contributed by atoms with Crippen LogP contribution in [-0.2, 0) is 27.2 Å². The summed E-state index contributed by atoms with van der Waals surface area (Å²) in [7, 11) is 0. The average Bonchev–Trinajstić information content (AvgIpc) is 3.42. The monoisotopic (exact) mass is 597 g/mol. The molecular formula is C33H51N5O5. The van der Waals surface area contributed by atoms with E-state index in [1.807, 2.05) is 50.3 Å². The fraction of sp³-hybridized carbons (Fsp3) is 0.576. The van der Waals surface area contributed by atoms with Crippen molar-refractivity contribution in [1.82, 2.24) is 20.6 Å². The molecule has 43 heavy (non-hydrogen) atoms. The highest BCUT2D eigenvalue weighted by Gasteiger charge is 2.53. The van der Waals surface area contributed by atoms with Gasteiger partial charge in [0.25, 0.3) is 5.91 Å². The van der Waals surface area contributed by atoms with Gasteiger partial charge in [-0.1, -0.05) is 84.9 Å². The topological polar surface area (TPSA) is 159 Å². The molecule has 0 bridgehead atoms. The van der Waals surface area contributed by atoms with Crippen molar-refractivity contribution >= 4 is 17.9 Å². The van der Waals surface area contributed by atoms with Crippen molar-refractivity contribution in [3.8, 4) is 0 Å². The van der Waals surface area contributed by atoms with E-state index in [0.717, 1.165) is 5.56 Å². The number of benzene rings is 1. The van der Waals surface area contributed by atoms with Crippen LogP contribution < -0.4 is 16.4 Å². The first kappa shape index (κ1) is 35.5. The Labute approximate surface area is 256 Å². The number of H-pyrrole nitrogens is 1. The number of carbonyl (C=O) groups is 3. The van der Waals surface area contributed by atoms with E-state index in [0.29, 0.717) is 18.5 Å². The van der Waals surface area contributed by atoms with Crippen molar-refractivity contribution in [2.45, 2.75) is 97.9 Å². The third-order valence-corrected chi connectivity index (χ3v) is 7.93. The molecule has 6 N–H and O–H groups in total. The summed E-state index contributed by atoms with van der Waals surface area (Å²) < 4.78 is 5.66. The Morgan fingerprint density at radius 2 is 1.74 bits per heavy atom. The average molecular weight is 598 g/mol. The Bertz CT molecular complexity index is 1180. The van der Waals surface area contributed by atoms with Gasteiger partial charge in [-0.25, -0.2) is 9.78 Å². The van der Waals surface area contributed by atoms with Crippen LogP contribution >= 0.6 is 0 Å². The highest BCUT2D eigenvalue weighted by atomic mass is 16.6. The fourth-order valence-corrected chi connectivity index (χ4v) is 5.26. The smallest absolute Gasteiger partial charge is 0.405 e. The Morgan fingerprint density at radius 3 is 2.23 bits per heavy atom. The van der Waals surface area contributed by atoms with Gasteiger partial charge < -0.3 is 31.2 Å². The van der Waals surface area contributed by atoms with E-state index in [1.165, 1.54) is 6.33 Å². The van der Waals surface area contributed by atoms with E-state index in [4.69, 9.17) is 10.5 Å². The quantitative estimate of drug-likeness (QED) is 0.181. The molecule has 0 saturated carbocycles. The molecule has 10 heteroatoms. The molecule has 0 radical (unpaired) electrons. The number of allylic oxidation sites excluding steroid dienone is 1. The summed E-state index contributed by atoms with van der Waals surface area (Å²) in [4.78, 5) is 47.5. The molecule has 0 unspecified atom stereocenters. The second-order valence-corrected chi connectivity index (χ2v) is 13.1. The summed E-state index contributed by atoms with van der Waals surface area (Å²) in [5, 5.41) is 17.1. The van der Waals surface area contributed by atoms with Gasteiger partial charge >= 0.3 is 6.09 Å². The zero-order chi connectivity index (χ0) is 32.4. The third kappa shape index (κ3) is 10.2. The molecule has 0 aliphatic carbocycles. The lowest BCUT2D eigenvalue weighted by Crippen LogP contribution is -2.64. The van der Waals surface area contributed by atoms with Crippen LogP contribution in [0.1, 0.15) is 72.6 Å².